The molecule has 0 saturated heterocycles. The molecule has 2 aromatic carbocycles. The maximum absolute atomic E-state index is 8.96. The van der Waals surface area contributed by atoms with Crippen LogP contribution in [0.25, 0.3) is 10.8 Å². The molecule has 0 amide bonds. The molecule has 0 radical (unpaired) electrons. The van der Waals surface area contributed by atoms with E-state index in [0.29, 0.717) is 0 Å². The molecule has 0 atom stereocenters. The van der Waals surface area contributed by atoms with E-state index in [0.717, 1.165) is 4.46 Å². The molecule has 12 heavy (non-hydrogen) atoms. The zero-order valence-electron chi connectivity index (χ0n) is 6.40. The molecule has 2 rings (SSSR count). The molecule has 0 bridgehead atoms. The first-order valence-corrected chi connectivity index (χ1v) is 5.32. The van der Waals surface area contributed by atoms with E-state index in [-0.39, 0.29) is 15.3 Å². The fourth-order valence-corrected chi connectivity index (χ4v) is 1.87. The molecule has 2 heteroatoms. The fraction of sp³-hybridized carbons (Fsp3) is 0. The maximum atomic E-state index is 8.96. The normalized spacial score (nSPS) is 10.4. The summed E-state index contributed by atoms with van der Waals surface area (Å²) in [4.78, 5) is 0. The van der Waals surface area contributed by atoms with Gasteiger partial charge in [-0.15, -0.1) is 0 Å². The van der Waals surface area contributed by atoms with Crippen LogP contribution in [0.3, 0.4) is 0 Å². The van der Waals surface area contributed by atoms with Crippen molar-refractivity contribution in [1.82, 2.24) is 0 Å². The third-order valence-electron chi connectivity index (χ3n) is 1.83. The van der Waals surface area contributed by atoms with E-state index in [4.69, 9.17) is 4.19 Å². The summed E-state index contributed by atoms with van der Waals surface area (Å²) < 4.78 is 9.99. The Labute approximate surface area is 77.5 Å². The first-order valence-electron chi connectivity index (χ1n) is 3.70. The van der Waals surface area contributed by atoms with Crippen LogP contribution in [0.1, 0.15) is 0 Å². The number of benzene rings is 2. The molecule has 0 heterocycles. The van der Waals surface area contributed by atoms with Crippen LogP contribution in [0.2, 0.25) is 0 Å². The Bertz CT molecular complexity index is 398. The van der Waals surface area contributed by atoms with Crippen LogP contribution < -0.4 is 4.46 Å². The average molecular weight is 223 g/mol. The standard InChI is InChI=1S/C10H8OSe/c11-12-10-6-5-8-3-1-2-4-9(8)7-10/h1-7,11H. The van der Waals surface area contributed by atoms with Gasteiger partial charge >= 0.3 is 77.2 Å². The molecule has 0 aliphatic carbocycles. The third kappa shape index (κ3) is 1.37. The molecule has 60 valence electrons. The second kappa shape index (κ2) is 3.28. The average Bonchev–Trinajstić information content (AvgIpc) is 2.17. The number of rotatable bonds is 1. The second-order valence-electron chi connectivity index (χ2n) is 2.60. The summed E-state index contributed by atoms with van der Waals surface area (Å²) in [5.41, 5.74) is 0. The first kappa shape index (κ1) is 7.81. The van der Waals surface area contributed by atoms with Crippen molar-refractivity contribution in [3.05, 3.63) is 42.5 Å². The molecule has 2 aromatic rings. The summed E-state index contributed by atoms with van der Waals surface area (Å²) in [5, 5.41) is 2.43. The van der Waals surface area contributed by atoms with Crippen LogP contribution in [-0.4, -0.2) is 19.5 Å². The molecule has 0 unspecified atom stereocenters. The third-order valence-corrected chi connectivity index (χ3v) is 2.80. The van der Waals surface area contributed by atoms with Gasteiger partial charge in [-0.2, -0.15) is 0 Å². The summed E-state index contributed by atoms with van der Waals surface area (Å²) in [5.74, 6) is 0. The van der Waals surface area contributed by atoms with Crippen molar-refractivity contribution >= 4 is 30.5 Å². The Kier molecular flexibility index (Phi) is 2.13. The van der Waals surface area contributed by atoms with Crippen molar-refractivity contribution in [1.29, 1.82) is 0 Å². The van der Waals surface area contributed by atoms with Crippen LogP contribution in [0.5, 0.6) is 0 Å². The minimum atomic E-state index is -0.385. The van der Waals surface area contributed by atoms with Crippen LogP contribution in [0.4, 0.5) is 0 Å². The zero-order chi connectivity index (χ0) is 8.39. The van der Waals surface area contributed by atoms with E-state index in [1.54, 1.807) is 0 Å². The van der Waals surface area contributed by atoms with Gasteiger partial charge in [0.15, 0.2) is 0 Å². The van der Waals surface area contributed by atoms with Crippen LogP contribution in [0, 0.1) is 0 Å². The van der Waals surface area contributed by atoms with Gasteiger partial charge in [-0.3, -0.25) is 0 Å². The van der Waals surface area contributed by atoms with Crippen LogP contribution in [0.15, 0.2) is 42.5 Å². The van der Waals surface area contributed by atoms with Crippen LogP contribution >= 0.6 is 0 Å². The molecule has 0 aliphatic rings. The Hall–Kier alpha value is -0.821. The number of hydrogen-bond acceptors (Lipinski definition) is 1. The van der Waals surface area contributed by atoms with E-state index in [9.17, 15) is 0 Å². The summed E-state index contributed by atoms with van der Waals surface area (Å²) >= 11 is -0.385. The summed E-state index contributed by atoms with van der Waals surface area (Å²) in [6, 6.07) is 14.2. The van der Waals surface area contributed by atoms with Crippen LogP contribution in [-0.2, 0) is 0 Å². The van der Waals surface area contributed by atoms with Crippen molar-refractivity contribution in [3.8, 4) is 0 Å². The van der Waals surface area contributed by atoms with Crippen molar-refractivity contribution in [2.75, 3.05) is 0 Å². The SMILES string of the molecule is O[Se]c1ccc2ccccc2c1. The van der Waals surface area contributed by atoms with E-state index in [1.807, 2.05) is 30.3 Å². The molecule has 0 saturated carbocycles. The number of fused-ring (bicyclic) bond motifs is 1. The van der Waals surface area contributed by atoms with Gasteiger partial charge in [0.2, 0.25) is 0 Å². The molecular weight excluding hydrogens is 215 g/mol. The molecule has 0 aromatic heterocycles. The van der Waals surface area contributed by atoms with Gasteiger partial charge in [0.05, 0.1) is 0 Å². The molecule has 1 nitrogen and oxygen atoms in total. The Morgan fingerprint density at radius 1 is 0.917 bits per heavy atom. The van der Waals surface area contributed by atoms with Gasteiger partial charge in [0.1, 0.15) is 0 Å². The summed E-state index contributed by atoms with van der Waals surface area (Å²) in [6.07, 6.45) is 0. The molecule has 0 spiro atoms. The minimum absolute atomic E-state index is 0.385. The van der Waals surface area contributed by atoms with E-state index in [2.05, 4.69) is 12.1 Å². The van der Waals surface area contributed by atoms with Gasteiger partial charge in [-0.05, 0) is 0 Å². The Balaban J connectivity index is 2.67. The first-order chi connectivity index (χ1) is 5.90. The predicted molar refractivity (Wildman–Crippen MR) is 51.6 cm³/mol. The Morgan fingerprint density at radius 3 is 2.42 bits per heavy atom. The van der Waals surface area contributed by atoms with Gasteiger partial charge in [-0.1, -0.05) is 0 Å². The second-order valence-corrected chi connectivity index (χ2v) is 3.97. The molecule has 1 N–H and O–H groups in total. The summed E-state index contributed by atoms with van der Waals surface area (Å²) in [7, 11) is 0. The summed E-state index contributed by atoms with van der Waals surface area (Å²) in [6.45, 7) is 0. The monoisotopic (exact) mass is 224 g/mol. The van der Waals surface area contributed by atoms with E-state index >= 15 is 0 Å². The molecule has 0 aliphatic heterocycles. The zero-order valence-corrected chi connectivity index (χ0v) is 8.11. The topological polar surface area (TPSA) is 20.2 Å². The van der Waals surface area contributed by atoms with Gasteiger partial charge < -0.3 is 0 Å². The van der Waals surface area contributed by atoms with E-state index in [1.165, 1.54) is 10.8 Å². The fourth-order valence-electron chi connectivity index (χ4n) is 1.22. The predicted octanol–water partition coefficient (Wildman–Crippen LogP) is 1.08. The van der Waals surface area contributed by atoms with Crippen molar-refractivity contribution < 1.29 is 4.19 Å². The molecule has 0 fully saturated rings. The van der Waals surface area contributed by atoms with Crippen molar-refractivity contribution in [2.45, 2.75) is 0 Å². The van der Waals surface area contributed by atoms with Crippen molar-refractivity contribution in [3.63, 3.8) is 0 Å². The van der Waals surface area contributed by atoms with Gasteiger partial charge in [0.25, 0.3) is 0 Å². The van der Waals surface area contributed by atoms with Crippen molar-refractivity contribution in [2.24, 2.45) is 0 Å². The van der Waals surface area contributed by atoms with Gasteiger partial charge in [0, 0.05) is 0 Å². The van der Waals surface area contributed by atoms with E-state index < -0.39 is 0 Å². The Morgan fingerprint density at radius 2 is 1.67 bits per heavy atom. The quantitative estimate of drug-likeness (QED) is 0.717. The molecular formula is C10H8OSe. The van der Waals surface area contributed by atoms with Gasteiger partial charge in [-0.25, -0.2) is 0 Å². The number of hydrogen-bond donors (Lipinski definition) is 1.